The van der Waals surface area contributed by atoms with Crippen LogP contribution < -0.4 is 5.73 Å². The van der Waals surface area contributed by atoms with E-state index in [4.69, 9.17) is 5.73 Å². The molecule has 1 fully saturated rings. The van der Waals surface area contributed by atoms with Crippen LogP contribution in [0, 0.1) is 0 Å². The number of nitrogens with zero attached hydrogens (tertiary/aromatic N) is 1. The molecule has 0 radical (unpaired) electrons. The maximum absolute atomic E-state index is 6.39. The molecule has 1 aromatic rings. The van der Waals surface area contributed by atoms with Crippen molar-refractivity contribution in [2.24, 2.45) is 5.73 Å². The lowest BCUT2D eigenvalue weighted by Gasteiger charge is -2.31. The molecule has 0 aliphatic carbocycles. The maximum atomic E-state index is 6.39. The largest absolute Gasteiger partial charge is 0.323 e. The van der Waals surface area contributed by atoms with Gasteiger partial charge in [-0.05, 0) is 37.9 Å². The molecule has 0 bridgehead atoms. The predicted octanol–water partition coefficient (Wildman–Crippen LogP) is 2.56. The van der Waals surface area contributed by atoms with E-state index in [0.29, 0.717) is 6.04 Å². The Labute approximate surface area is 98.4 Å². The van der Waals surface area contributed by atoms with Crippen molar-refractivity contribution < 1.29 is 0 Å². The predicted molar refractivity (Wildman–Crippen MR) is 68.3 cm³/mol. The molecule has 2 atom stereocenters. The Morgan fingerprint density at radius 1 is 1.19 bits per heavy atom. The topological polar surface area (TPSA) is 29.3 Å². The summed E-state index contributed by atoms with van der Waals surface area (Å²) in [7, 11) is 0. The number of hydrogen-bond donors (Lipinski definition) is 1. The molecule has 0 amide bonds. The summed E-state index contributed by atoms with van der Waals surface area (Å²) < 4.78 is 0. The van der Waals surface area contributed by atoms with Gasteiger partial charge in [-0.25, -0.2) is 0 Å². The van der Waals surface area contributed by atoms with Crippen LogP contribution in [0.25, 0.3) is 0 Å². The first-order chi connectivity index (χ1) is 7.83. The summed E-state index contributed by atoms with van der Waals surface area (Å²) in [5.74, 6) is 0. The number of rotatable bonds is 4. The average Bonchev–Trinajstić information content (AvgIpc) is 2.85. The number of nitrogens with two attached hydrogens (primary N) is 1. The van der Waals surface area contributed by atoms with E-state index in [1.54, 1.807) is 0 Å². The number of hydrogen-bond acceptors (Lipinski definition) is 2. The minimum Gasteiger partial charge on any atom is -0.323 e. The Kier molecular flexibility index (Phi) is 3.97. The minimum atomic E-state index is 0.157. The maximum Gasteiger partial charge on any atom is 0.0453 e. The Morgan fingerprint density at radius 2 is 1.81 bits per heavy atom. The first kappa shape index (κ1) is 11.6. The van der Waals surface area contributed by atoms with Crippen molar-refractivity contribution in [3.8, 4) is 0 Å². The van der Waals surface area contributed by atoms with E-state index < -0.39 is 0 Å². The minimum absolute atomic E-state index is 0.157. The fraction of sp³-hybridized carbons (Fsp3) is 0.571. The lowest BCUT2D eigenvalue weighted by atomic mass is 9.97. The third kappa shape index (κ3) is 2.45. The van der Waals surface area contributed by atoms with Crippen LogP contribution in [-0.2, 0) is 0 Å². The zero-order valence-electron chi connectivity index (χ0n) is 10.1. The molecule has 2 heteroatoms. The summed E-state index contributed by atoms with van der Waals surface area (Å²) in [5.41, 5.74) is 7.65. The van der Waals surface area contributed by atoms with Crippen LogP contribution in [0.2, 0.25) is 0 Å². The monoisotopic (exact) mass is 218 g/mol. The lowest BCUT2D eigenvalue weighted by Crippen LogP contribution is -2.40. The van der Waals surface area contributed by atoms with E-state index in [2.05, 4.69) is 36.1 Å². The van der Waals surface area contributed by atoms with Gasteiger partial charge in [0.1, 0.15) is 0 Å². The Morgan fingerprint density at radius 3 is 2.38 bits per heavy atom. The molecule has 2 nitrogen and oxygen atoms in total. The van der Waals surface area contributed by atoms with Crippen molar-refractivity contribution >= 4 is 0 Å². The van der Waals surface area contributed by atoms with E-state index in [1.165, 1.54) is 31.5 Å². The van der Waals surface area contributed by atoms with Gasteiger partial charge in [0.25, 0.3) is 0 Å². The van der Waals surface area contributed by atoms with Gasteiger partial charge in [0.15, 0.2) is 0 Å². The van der Waals surface area contributed by atoms with Crippen LogP contribution in [-0.4, -0.2) is 24.0 Å². The summed E-state index contributed by atoms with van der Waals surface area (Å²) >= 11 is 0. The quantitative estimate of drug-likeness (QED) is 0.841. The van der Waals surface area contributed by atoms with Gasteiger partial charge >= 0.3 is 0 Å². The second kappa shape index (κ2) is 5.46. The Hall–Kier alpha value is -0.860. The van der Waals surface area contributed by atoms with Gasteiger partial charge in [-0.15, -0.1) is 0 Å². The van der Waals surface area contributed by atoms with Gasteiger partial charge in [0, 0.05) is 12.1 Å². The highest BCUT2D eigenvalue weighted by atomic mass is 15.2. The highest BCUT2D eigenvalue weighted by molar-refractivity contribution is 5.20. The average molecular weight is 218 g/mol. The van der Waals surface area contributed by atoms with Crippen molar-refractivity contribution in [2.45, 2.75) is 38.3 Å². The molecular formula is C14H22N2. The fourth-order valence-corrected chi connectivity index (χ4v) is 2.71. The molecule has 0 spiro atoms. The molecule has 2 unspecified atom stereocenters. The van der Waals surface area contributed by atoms with Crippen molar-refractivity contribution in [3.05, 3.63) is 35.9 Å². The first-order valence-corrected chi connectivity index (χ1v) is 6.37. The highest BCUT2D eigenvalue weighted by Crippen LogP contribution is 2.24. The summed E-state index contributed by atoms with van der Waals surface area (Å²) in [6.45, 7) is 4.68. The number of benzene rings is 1. The zero-order valence-corrected chi connectivity index (χ0v) is 10.1. The second-order valence-electron chi connectivity index (χ2n) is 4.66. The first-order valence-electron chi connectivity index (χ1n) is 6.37. The molecule has 2 N–H and O–H groups in total. The second-order valence-corrected chi connectivity index (χ2v) is 4.66. The van der Waals surface area contributed by atoms with Gasteiger partial charge in [-0.3, -0.25) is 4.90 Å². The standard InChI is InChI=1S/C14H22N2/c1-2-13(16-10-6-7-11-16)14(15)12-8-4-3-5-9-12/h3-5,8-9,13-14H,2,6-7,10-11,15H2,1H3. The molecule has 1 saturated heterocycles. The molecule has 16 heavy (non-hydrogen) atoms. The van der Waals surface area contributed by atoms with E-state index in [-0.39, 0.29) is 6.04 Å². The molecule has 0 aromatic heterocycles. The molecule has 1 aliphatic rings. The Bertz CT molecular complexity index is 304. The van der Waals surface area contributed by atoms with Crippen molar-refractivity contribution in [2.75, 3.05) is 13.1 Å². The van der Waals surface area contributed by atoms with Crippen molar-refractivity contribution in [3.63, 3.8) is 0 Å². The normalized spacial score (nSPS) is 20.9. The number of likely N-dealkylation sites (tertiary alicyclic amines) is 1. The Balaban J connectivity index is 2.08. The molecular weight excluding hydrogens is 196 g/mol. The van der Waals surface area contributed by atoms with E-state index in [0.717, 1.165) is 6.42 Å². The summed E-state index contributed by atoms with van der Waals surface area (Å²) in [5, 5.41) is 0. The van der Waals surface area contributed by atoms with Crippen LogP contribution in [0.15, 0.2) is 30.3 Å². The van der Waals surface area contributed by atoms with Crippen LogP contribution in [0.5, 0.6) is 0 Å². The van der Waals surface area contributed by atoms with Crippen LogP contribution in [0.4, 0.5) is 0 Å². The van der Waals surface area contributed by atoms with E-state index in [1.807, 2.05) is 6.07 Å². The van der Waals surface area contributed by atoms with Crippen LogP contribution in [0.1, 0.15) is 37.8 Å². The summed E-state index contributed by atoms with van der Waals surface area (Å²) in [6.07, 6.45) is 3.80. The van der Waals surface area contributed by atoms with Gasteiger partial charge in [-0.1, -0.05) is 37.3 Å². The third-order valence-electron chi connectivity index (χ3n) is 3.63. The van der Waals surface area contributed by atoms with Crippen LogP contribution >= 0.6 is 0 Å². The molecule has 1 aliphatic heterocycles. The van der Waals surface area contributed by atoms with Crippen molar-refractivity contribution in [1.29, 1.82) is 0 Å². The molecule has 1 aromatic carbocycles. The summed E-state index contributed by atoms with van der Waals surface area (Å²) in [6, 6.07) is 11.1. The smallest absolute Gasteiger partial charge is 0.0453 e. The van der Waals surface area contributed by atoms with Crippen LogP contribution in [0.3, 0.4) is 0 Å². The SMILES string of the molecule is CCC(C(N)c1ccccc1)N1CCCC1. The zero-order chi connectivity index (χ0) is 11.4. The molecule has 2 rings (SSSR count). The molecule has 0 saturated carbocycles. The lowest BCUT2D eigenvalue weighted by molar-refractivity contribution is 0.205. The van der Waals surface area contributed by atoms with Gasteiger partial charge in [0.2, 0.25) is 0 Å². The van der Waals surface area contributed by atoms with E-state index >= 15 is 0 Å². The molecule has 1 heterocycles. The third-order valence-corrected chi connectivity index (χ3v) is 3.63. The van der Waals surface area contributed by atoms with E-state index in [9.17, 15) is 0 Å². The van der Waals surface area contributed by atoms with Gasteiger partial charge in [0.05, 0.1) is 0 Å². The van der Waals surface area contributed by atoms with Gasteiger partial charge < -0.3 is 5.73 Å². The summed E-state index contributed by atoms with van der Waals surface area (Å²) in [4.78, 5) is 2.55. The van der Waals surface area contributed by atoms with Crippen molar-refractivity contribution in [1.82, 2.24) is 4.90 Å². The fourth-order valence-electron chi connectivity index (χ4n) is 2.71. The van der Waals surface area contributed by atoms with Gasteiger partial charge in [-0.2, -0.15) is 0 Å². The molecule has 88 valence electrons. The highest BCUT2D eigenvalue weighted by Gasteiger charge is 2.26.